The van der Waals surface area contributed by atoms with E-state index in [2.05, 4.69) is 25.6 Å². The van der Waals surface area contributed by atoms with E-state index in [9.17, 15) is 12.8 Å². The van der Waals surface area contributed by atoms with Crippen molar-refractivity contribution in [2.75, 3.05) is 4.72 Å². The van der Waals surface area contributed by atoms with Gasteiger partial charge < -0.3 is 5.11 Å². The summed E-state index contributed by atoms with van der Waals surface area (Å²) in [5.74, 6) is -0.975. The molecule has 0 bridgehead atoms. The van der Waals surface area contributed by atoms with Gasteiger partial charge in [0.1, 0.15) is 10.7 Å². The molecule has 0 amide bonds. The van der Waals surface area contributed by atoms with Gasteiger partial charge >= 0.3 is 0 Å². The summed E-state index contributed by atoms with van der Waals surface area (Å²) in [6.07, 6.45) is 0. The minimum absolute atomic E-state index is 0.102. The molecular formula is C11H10BrFN2O3S2. The number of rotatable bonds is 4. The summed E-state index contributed by atoms with van der Waals surface area (Å²) >= 11 is 4.19. The van der Waals surface area contributed by atoms with Crippen molar-refractivity contribution in [3.8, 4) is 0 Å². The van der Waals surface area contributed by atoms with E-state index in [0.29, 0.717) is 10.2 Å². The van der Waals surface area contributed by atoms with Gasteiger partial charge in [0.2, 0.25) is 0 Å². The first-order valence-electron chi connectivity index (χ1n) is 5.37. The van der Waals surface area contributed by atoms with E-state index in [1.807, 2.05) is 0 Å². The van der Waals surface area contributed by atoms with E-state index in [4.69, 9.17) is 5.11 Å². The summed E-state index contributed by atoms with van der Waals surface area (Å²) in [4.78, 5) is 3.42. The van der Waals surface area contributed by atoms with Gasteiger partial charge in [0, 0.05) is 15.4 Å². The van der Waals surface area contributed by atoms with Crippen molar-refractivity contribution in [2.24, 2.45) is 0 Å². The lowest BCUT2D eigenvalue weighted by Crippen LogP contribution is -2.15. The van der Waals surface area contributed by atoms with Crippen LogP contribution in [0.3, 0.4) is 0 Å². The fourth-order valence-corrected chi connectivity index (χ4v) is 4.24. The molecule has 0 aliphatic rings. The van der Waals surface area contributed by atoms with Gasteiger partial charge in [0.25, 0.3) is 10.0 Å². The zero-order chi connectivity index (χ0) is 14.9. The molecule has 1 aromatic carbocycles. The van der Waals surface area contributed by atoms with Crippen LogP contribution in [0, 0.1) is 12.7 Å². The van der Waals surface area contributed by atoms with Gasteiger partial charge in [-0.25, -0.2) is 17.8 Å². The normalized spacial score (nSPS) is 11.6. The first-order valence-corrected chi connectivity index (χ1v) is 8.53. The highest BCUT2D eigenvalue weighted by Gasteiger charge is 2.23. The molecule has 0 radical (unpaired) electrons. The van der Waals surface area contributed by atoms with Gasteiger partial charge in [-0.05, 0) is 19.1 Å². The maximum absolute atomic E-state index is 14.0. The van der Waals surface area contributed by atoms with Gasteiger partial charge in [-0.2, -0.15) is 0 Å². The molecule has 20 heavy (non-hydrogen) atoms. The Kier molecular flexibility index (Phi) is 4.43. The lowest BCUT2D eigenvalue weighted by atomic mass is 10.2. The summed E-state index contributed by atoms with van der Waals surface area (Å²) in [5.41, 5.74) is 0.563. The van der Waals surface area contributed by atoms with Gasteiger partial charge in [0.05, 0.1) is 12.3 Å². The average Bonchev–Trinajstić information content (AvgIpc) is 2.76. The molecule has 0 saturated carbocycles. The number of hydrogen-bond donors (Lipinski definition) is 2. The Hall–Kier alpha value is -1.03. The maximum atomic E-state index is 14.0. The molecule has 0 atom stereocenters. The van der Waals surface area contributed by atoms with Gasteiger partial charge in [-0.3, -0.25) is 4.72 Å². The highest BCUT2D eigenvalue weighted by Crippen LogP contribution is 2.26. The summed E-state index contributed by atoms with van der Waals surface area (Å²) in [5, 5.41) is 10.9. The van der Waals surface area contributed by atoms with Crippen LogP contribution in [0.5, 0.6) is 0 Å². The van der Waals surface area contributed by atoms with Crippen molar-refractivity contribution >= 4 is 42.4 Å². The molecule has 108 valence electrons. The van der Waals surface area contributed by atoms with E-state index in [1.165, 1.54) is 6.07 Å². The quantitative estimate of drug-likeness (QED) is 0.854. The van der Waals surface area contributed by atoms with Crippen LogP contribution in [0.25, 0.3) is 0 Å². The standard InChI is InChI=1S/C11H10BrFN2O3S2/c1-6-5-19-11(14-6)15-20(17,18)9-3-8(12)2-7(4-16)10(9)13/h2-3,5,16H,4H2,1H3,(H,14,15). The number of halogens is 2. The van der Waals surface area contributed by atoms with Crippen molar-refractivity contribution in [3.63, 3.8) is 0 Å². The molecule has 0 unspecified atom stereocenters. The number of benzene rings is 1. The zero-order valence-electron chi connectivity index (χ0n) is 10.2. The number of aliphatic hydroxyl groups excluding tert-OH is 1. The number of nitrogens with zero attached hydrogens (tertiary/aromatic N) is 1. The number of aryl methyl sites for hydroxylation is 1. The molecule has 0 aliphatic heterocycles. The van der Waals surface area contributed by atoms with Crippen LogP contribution in [0.2, 0.25) is 0 Å². The summed E-state index contributed by atoms with van der Waals surface area (Å²) in [6.45, 7) is 1.13. The van der Waals surface area contributed by atoms with Crippen molar-refractivity contribution < 1.29 is 17.9 Å². The predicted octanol–water partition coefficient (Wildman–Crippen LogP) is 2.65. The van der Waals surface area contributed by atoms with Crippen molar-refractivity contribution in [1.29, 1.82) is 0 Å². The number of sulfonamides is 1. The molecule has 0 spiro atoms. The third-order valence-corrected chi connectivity index (χ3v) is 5.18. The van der Waals surface area contributed by atoms with Gasteiger partial charge in [-0.1, -0.05) is 15.9 Å². The molecule has 1 heterocycles. The SMILES string of the molecule is Cc1csc(NS(=O)(=O)c2cc(Br)cc(CO)c2F)n1. The topological polar surface area (TPSA) is 79.3 Å². The lowest BCUT2D eigenvalue weighted by molar-refractivity contribution is 0.274. The third-order valence-electron chi connectivity index (χ3n) is 2.38. The summed E-state index contributed by atoms with van der Waals surface area (Å²) in [7, 11) is -4.10. The molecule has 0 saturated heterocycles. The molecule has 2 rings (SSSR count). The second kappa shape index (κ2) is 5.76. The largest absolute Gasteiger partial charge is 0.392 e. The molecule has 0 aliphatic carbocycles. The van der Waals surface area contributed by atoms with Gasteiger partial charge in [-0.15, -0.1) is 11.3 Å². The Bertz CT molecular complexity index is 746. The Morgan fingerprint density at radius 1 is 1.50 bits per heavy atom. The molecule has 2 N–H and O–H groups in total. The Balaban J connectivity index is 2.46. The third kappa shape index (κ3) is 3.17. The van der Waals surface area contributed by atoms with E-state index in [1.54, 1.807) is 12.3 Å². The minimum Gasteiger partial charge on any atom is -0.392 e. The van der Waals surface area contributed by atoms with Crippen molar-refractivity contribution in [3.05, 3.63) is 39.1 Å². The number of aliphatic hydroxyl groups is 1. The Labute approximate surface area is 127 Å². The predicted molar refractivity (Wildman–Crippen MR) is 77.7 cm³/mol. The zero-order valence-corrected chi connectivity index (χ0v) is 13.4. The highest BCUT2D eigenvalue weighted by atomic mass is 79.9. The maximum Gasteiger partial charge on any atom is 0.266 e. The van der Waals surface area contributed by atoms with E-state index >= 15 is 0 Å². The second-order valence-corrected chi connectivity index (χ2v) is 7.36. The average molecular weight is 381 g/mol. The van der Waals surface area contributed by atoms with E-state index in [-0.39, 0.29) is 10.7 Å². The van der Waals surface area contributed by atoms with E-state index < -0.39 is 27.3 Å². The number of aromatic nitrogens is 1. The number of hydrogen-bond acceptors (Lipinski definition) is 5. The van der Waals surface area contributed by atoms with Crippen molar-refractivity contribution in [1.82, 2.24) is 4.98 Å². The molecule has 5 nitrogen and oxygen atoms in total. The van der Waals surface area contributed by atoms with Crippen LogP contribution in [0.15, 0.2) is 26.9 Å². The smallest absolute Gasteiger partial charge is 0.266 e. The van der Waals surface area contributed by atoms with Crippen LogP contribution >= 0.6 is 27.3 Å². The fraction of sp³-hybridized carbons (Fsp3) is 0.182. The van der Waals surface area contributed by atoms with Crippen LogP contribution in [-0.2, 0) is 16.6 Å². The van der Waals surface area contributed by atoms with Crippen LogP contribution in [-0.4, -0.2) is 18.5 Å². The van der Waals surface area contributed by atoms with Crippen molar-refractivity contribution in [2.45, 2.75) is 18.4 Å². The number of thiazole rings is 1. The molecule has 0 fully saturated rings. The van der Waals surface area contributed by atoms with Gasteiger partial charge in [0.15, 0.2) is 5.13 Å². The highest BCUT2D eigenvalue weighted by molar-refractivity contribution is 9.10. The number of anilines is 1. The second-order valence-electron chi connectivity index (χ2n) is 3.93. The first kappa shape index (κ1) is 15.4. The molecular weight excluding hydrogens is 371 g/mol. The first-order chi connectivity index (χ1) is 9.33. The molecule has 1 aromatic heterocycles. The van der Waals surface area contributed by atoms with E-state index in [0.717, 1.165) is 17.4 Å². The fourth-order valence-electron chi connectivity index (χ4n) is 1.50. The Morgan fingerprint density at radius 3 is 2.75 bits per heavy atom. The summed E-state index contributed by atoms with van der Waals surface area (Å²) < 4.78 is 40.9. The minimum atomic E-state index is -4.10. The summed E-state index contributed by atoms with van der Waals surface area (Å²) in [6, 6.07) is 2.46. The molecule has 2 aromatic rings. The lowest BCUT2D eigenvalue weighted by Gasteiger charge is -2.09. The van der Waals surface area contributed by atoms with Crippen LogP contribution in [0.4, 0.5) is 9.52 Å². The van der Waals surface area contributed by atoms with Crippen LogP contribution in [0.1, 0.15) is 11.3 Å². The molecule has 9 heteroatoms. The monoisotopic (exact) mass is 380 g/mol. The Morgan fingerprint density at radius 2 is 2.20 bits per heavy atom. The number of nitrogens with one attached hydrogen (secondary N) is 1. The van der Waals surface area contributed by atoms with Crippen LogP contribution < -0.4 is 4.72 Å².